The summed E-state index contributed by atoms with van der Waals surface area (Å²) in [5.41, 5.74) is 3.18. The van der Waals surface area contributed by atoms with Crippen LogP contribution >= 0.6 is 0 Å². The maximum absolute atomic E-state index is 12.2. The summed E-state index contributed by atoms with van der Waals surface area (Å²) in [4.78, 5) is 30.7. The first-order valence-corrected chi connectivity index (χ1v) is 8.90. The average molecular weight is 391 g/mol. The highest BCUT2D eigenvalue weighted by Crippen LogP contribution is 2.33. The molecule has 9 nitrogen and oxygen atoms in total. The van der Waals surface area contributed by atoms with Gasteiger partial charge in [0.05, 0.1) is 17.7 Å². The summed E-state index contributed by atoms with van der Waals surface area (Å²) in [5, 5.41) is 19.2. The first-order chi connectivity index (χ1) is 14.0. The Bertz CT molecular complexity index is 1290. The summed E-state index contributed by atoms with van der Waals surface area (Å²) < 4.78 is 5.78. The lowest BCUT2D eigenvalue weighted by Gasteiger charge is -2.13. The molecule has 2 aromatic carbocycles. The minimum absolute atomic E-state index is 0.129. The zero-order valence-corrected chi connectivity index (χ0v) is 15.7. The number of aromatic nitrogens is 5. The first kappa shape index (κ1) is 18.4. The van der Waals surface area contributed by atoms with Crippen molar-refractivity contribution in [1.82, 2.24) is 25.4 Å². The van der Waals surface area contributed by atoms with Crippen LogP contribution in [-0.2, 0) is 0 Å². The number of ether oxygens (including phenoxy) is 1. The van der Waals surface area contributed by atoms with E-state index in [9.17, 15) is 14.7 Å². The highest BCUT2D eigenvalue weighted by molar-refractivity contribution is 5.90. The van der Waals surface area contributed by atoms with Crippen molar-refractivity contribution in [3.63, 3.8) is 0 Å². The van der Waals surface area contributed by atoms with Crippen molar-refractivity contribution < 1.29 is 14.6 Å². The van der Waals surface area contributed by atoms with Gasteiger partial charge in [-0.05, 0) is 54.8 Å². The van der Waals surface area contributed by atoms with E-state index in [0.29, 0.717) is 23.7 Å². The molecule has 0 amide bonds. The molecule has 0 bridgehead atoms. The molecule has 0 unspecified atom stereocenters. The van der Waals surface area contributed by atoms with Crippen LogP contribution < -0.4 is 10.3 Å². The fraction of sp³-hybridized carbons (Fsp3) is 0.150. The van der Waals surface area contributed by atoms with Gasteiger partial charge < -0.3 is 14.8 Å². The number of H-pyrrole nitrogens is 2. The van der Waals surface area contributed by atoms with Crippen molar-refractivity contribution in [3.05, 3.63) is 57.9 Å². The Morgan fingerprint density at radius 3 is 2.76 bits per heavy atom. The van der Waals surface area contributed by atoms with E-state index in [-0.39, 0.29) is 16.7 Å². The summed E-state index contributed by atoms with van der Waals surface area (Å²) in [6, 6.07) is 10.5. The van der Waals surface area contributed by atoms with Crippen LogP contribution in [0.2, 0.25) is 0 Å². The first-order valence-electron chi connectivity index (χ1n) is 8.90. The molecule has 2 aromatic heterocycles. The van der Waals surface area contributed by atoms with Crippen LogP contribution in [0, 0.1) is 6.92 Å². The zero-order chi connectivity index (χ0) is 20.5. The van der Waals surface area contributed by atoms with Crippen molar-refractivity contribution in [2.24, 2.45) is 0 Å². The number of carboxylic acids is 1. The second-order valence-corrected chi connectivity index (χ2v) is 6.46. The van der Waals surface area contributed by atoms with Gasteiger partial charge in [0.15, 0.2) is 11.2 Å². The zero-order valence-electron chi connectivity index (χ0n) is 15.7. The van der Waals surface area contributed by atoms with Gasteiger partial charge in [-0.15, -0.1) is 5.10 Å². The van der Waals surface area contributed by atoms with Gasteiger partial charge in [0.1, 0.15) is 11.6 Å². The number of aromatic carboxylic acids is 1. The third kappa shape index (κ3) is 3.45. The van der Waals surface area contributed by atoms with Gasteiger partial charge in [0.2, 0.25) is 0 Å². The van der Waals surface area contributed by atoms with Gasteiger partial charge in [-0.25, -0.2) is 14.9 Å². The van der Waals surface area contributed by atoms with Crippen molar-refractivity contribution >= 4 is 17.1 Å². The summed E-state index contributed by atoms with van der Waals surface area (Å²) in [6.07, 6.45) is 0. The number of hydrogen-bond donors (Lipinski definition) is 3. The van der Waals surface area contributed by atoms with E-state index in [1.165, 1.54) is 0 Å². The lowest BCUT2D eigenvalue weighted by molar-refractivity contribution is 0.0697. The van der Waals surface area contributed by atoms with E-state index < -0.39 is 11.5 Å². The Kier molecular flexibility index (Phi) is 4.55. The summed E-state index contributed by atoms with van der Waals surface area (Å²) in [7, 11) is 0. The number of nitrogens with zero attached hydrogens (tertiary/aromatic N) is 3. The Balaban J connectivity index is 1.85. The molecule has 0 aliphatic rings. The third-order valence-electron chi connectivity index (χ3n) is 4.40. The second kappa shape index (κ2) is 7.19. The molecular weight excluding hydrogens is 374 g/mol. The lowest BCUT2D eigenvalue weighted by atomic mass is 9.98. The van der Waals surface area contributed by atoms with E-state index in [1.54, 1.807) is 24.3 Å². The summed E-state index contributed by atoms with van der Waals surface area (Å²) in [5.74, 6) is -0.155. The van der Waals surface area contributed by atoms with Crippen molar-refractivity contribution in [2.45, 2.75) is 13.8 Å². The Hall–Kier alpha value is -4.01. The molecule has 29 heavy (non-hydrogen) atoms. The van der Waals surface area contributed by atoms with Crippen LogP contribution in [0.3, 0.4) is 0 Å². The van der Waals surface area contributed by atoms with Crippen molar-refractivity contribution in [3.8, 4) is 28.3 Å². The standard InChI is InChI=1S/C20H17N5O4/c1-3-29-15-9-11(12-6-10(2)7-13(8-12)20(27)28)4-5-14(15)17-21-18-16(19(26)22-17)23-25-24-18/h4-9H,3H2,1-2H3,(H,27,28)(H2,21,22,23,24,25,26). The number of carboxylic acid groups (broad SMARTS) is 1. The molecule has 0 aliphatic heterocycles. The third-order valence-corrected chi connectivity index (χ3v) is 4.40. The fourth-order valence-electron chi connectivity index (χ4n) is 3.13. The molecule has 2 heterocycles. The predicted octanol–water partition coefficient (Wildman–Crippen LogP) is 2.78. The minimum Gasteiger partial charge on any atom is -0.493 e. The van der Waals surface area contributed by atoms with Crippen LogP contribution in [0.4, 0.5) is 0 Å². The number of fused-ring (bicyclic) bond motifs is 1. The molecule has 0 atom stereocenters. The number of carbonyl (C=O) groups is 1. The minimum atomic E-state index is -0.986. The number of aryl methyl sites for hydroxylation is 1. The van der Waals surface area contributed by atoms with E-state index >= 15 is 0 Å². The summed E-state index contributed by atoms with van der Waals surface area (Å²) in [6.45, 7) is 4.10. The highest BCUT2D eigenvalue weighted by Gasteiger charge is 2.15. The molecule has 0 aliphatic carbocycles. The molecule has 4 aromatic rings. The number of rotatable bonds is 5. The van der Waals surface area contributed by atoms with Crippen LogP contribution in [0.15, 0.2) is 41.2 Å². The molecular formula is C20H17N5O4. The van der Waals surface area contributed by atoms with Crippen LogP contribution in [-0.4, -0.2) is 43.1 Å². The van der Waals surface area contributed by atoms with Gasteiger partial charge >= 0.3 is 5.97 Å². The van der Waals surface area contributed by atoms with E-state index in [0.717, 1.165) is 16.7 Å². The van der Waals surface area contributed by atoms with Gasteiger partial charge in [-0.2, -0.15) is 0 Å². The second-order valence-electron chi connectivity index (χ2n) is 6.46. The molecule has 146 valence electrons. The van der Waals surface area contributed by atoms with E-state index in [1.807, 2.05) is 26.0 Å². The average Bonchev–Trinajstić information content (AvgIpc) is 3.17. The number of hydrogen-bond acceptors (Lipinski definition) is 6. The maximum Gasteiger partial charge on any atom is 0.335 e. The van der Waals surface area contributed by atoms with Gasteiger partial charge in [0.25, 0.3) is 5.56 Å². The van der Waals surface area contributed by atoms with Crippen molar-refractivity contribution in [1.29, 1.82) is 0 Å². The molecule has 9 heteroatoms. The normalized spacial score (nSPS) is 11.0. The molecule has 0 radical (unpaired) electrons. The molecule has 3 N–H and O–H groups in total. The van der Waals surface area contributed by atoms with E-state index in [4.69, 9.17) is 4.74 Å². The Morgan fingerprint density at radius 1 is 1.17 bits per heavy atom. The molecule has 0 saturated carbocycles. The highest BCUT2D eigenvalue weighted by atomic mass is 16.5. The Morgan fingerprint density at radius 2 is 2.00 bits per heavy atom. The smallest absolute Gasteiger partial charge is 0.335 e. The van der Waals surface area contributed by atoms with Crippen LogP contribution in [0.25, 0.3) is 33.7 Å². The molecule has 0 spiro atoms. The number of nitrogens with one attached hydrogen (secondary N) is 2. The number of aromatic amines is 2. The quantitative estimate of drug-likeness (QED) is 0.476. The SMILES string of the molecule is CCOc1cc(-c2cc(C)cc(C(=O)O)c2)ccc1-c1nc2[nH]nnc2c(=O)[nH]1. The van der Waals surface area contributed by atoms with Gasteiger partial charge in [0, 0.05) is 0 Å². The molecule has 0 fully saturated rings. The van der Waals surface area contributed by atoms with Crippen molar-refractivity contribution in [2.75, 3.05) is 6.61 Å². The number of benzene rings is 2. The monoisotopic (exact) mass is 391 g/mol. The maximum atomic E-state index is 12.2. The molecule has 4 rings (SSSR count). The van der Waals surface area contributed by atoms with Crippen LogP contribution in [0.1, 0.15) is 22.8 Å². The van der Waals surface area contributed by atoms with Gasteiger partial charge in [-0.1, -0.05) is 17.3 Å². The fourth-order valence-corrected chi connectivity index (χ4v) is 3.13. The van der Waals surface area contributed by atoms with E-state index in [2.05, 4.69) is 25.4 Å². The van der Waals surface area contributed by atoms with Crippen LogP contribution in [0.5, 0.6) is 5.75 Å². The lowest BCUT2D eigenvalue weighted by Crippen LogP contribution is -2.10. The predicted molar refractivity (Wildman–Crippen MR) is 106 cm³/mol. The topological polar surface area (TPSA) is 134 Å². The largest absolute Gasteiger partial charge is 0.493 e. The van der Waals surface area contributed by atoms with Gasteiger partial charge in [-0.3, -0.25) is 4.79 Å². The Labute approximate surface area is 164 Å². The molecule has 0 saturated heterocycles. The summed E-state index contributed by atoms with van der Waals surface area (Å²) >= 11 is 0.